The zero-order valence-corrected chi connectivity index (χ0v) is 19.9. The summed E-state index contributed by atoms with van der Waals surface area (Å²) in [7, 11) is 0. The van der Waals surface area contributed by atoms with Crippen LogP contribution in [0.4, 0.5) is 0 Å². The van der Waals surface area contributed by atoms with Gasteiger partial charge in [0.2, 0.25) is 17.7 Å². The first kappa shape index (κ1) is 27.0. The molecule has 184 valence electrons. The molecule has 0 aliphatic heterocycles. The van der Waals surface area contributed by atoms with Crippen LogP contribution in [0.3, 0.4) is 0 Å². The molecule has 0 aliphatic rings. The van der Waals surface area contributed by atoms with Crippen molar-refractivity contribution < 1.29 is 24.3 Å². The van der Waals surface area contributed by atoms with Crippen LogP contribution in [0.15, 0.2) is 72.8 Å². The maximum Gasteiger partial charge on any atom is 0.300 e. The Bertz CT molecular complexity index is 1140. The molecule has 0 bridgehead atoms. The summed E-state index contributed by atoms with van der Waals surface area (Å²) in [5.41, 5.74) is 2.08. The lowest BCUT2D eigenvalue weighted by molar-refractivity contribution is -0.134. The second-order valence-electron chi connectivity index (χ2n) is 7.93. The highest BCUT2D eigenvalue weighted by molar-refractivity contribution is 5.90. The highest BCUT2D eigenvalue weighted by Gasteiger charge is 2.16. The third-order valence-electron chi connectivity index (χ3n) is 5.03. The van der Waals surface area contributed by atoms with E-state index in [-0.39, 0.29) is 18.4 Å². The fourth-order valence-electron chi connectivity index (χ4n) is 3.31. The van der Waals surface area contributed by atoms with Crippen molar-refractivity contribution in [3.63, 3.8) is 0 Å². The maximum absolute atomic E-state index is 12.4. The third kappa shape index (κ3) is 10.1. The molecule has 8 nitrogen and oxygen atoms in total. The van der Waals surface area contributed by atoms with Gasteiger partial charge in [0.15, 0.2) is 0 Å². The van der Waals surface area contributed by atoms with E-state index in [4.69, 9.17) is 9.90 Å². The minimum atomic E-state index is -0.833. The quantitative estimate of drug-likeness (QED) is 0.377. The number of nitrogens with one attached hydrogen (secondary N) is 3. The molecule has 3 amide bonds. The molecule has 0 heterocycles. The van der Waals surface area contributed by atoms with Gasteiger partial charge in [-0.3, -0.25) is 19.2 Å². The van der Waals surface area contributed by atoms with Crippen LogP contribution in [0.1, 0.15) is 31.4 Å². The molecule has 1 unspecified atom stereocenters. The number of benzene rings is 3. The zero-order chi connectivity index (χ0) is 25.6. The van der Waals surface area contributed by atoms with E-state index < -0.39 is 17.9 Å². The number of hydrogen-bond donors (Lipinski definition) is 4. The number of amides is 3. The van der Waals surface area contributed by atoms with Crippen molar-refractivity contribution in [1.82, 2.24) is 16.0 Å². The van der Waals surface area contributed by atoms with Crippen LogP contribution in [-0.4, -0.2) is 41.4 Å². The molecule has 0 aliphatic carbocycles. The van der Waals surface area contributed by atoms with Gasteiger partial charge in [-0.2, -0.15) is 0 Å². The SMILES string of the molecule is CC(=O)O.CC(NC(=O)CNC(=O)CCc1ccccc1)C(=O)NCc1cccc2ccccc12. The lowest BCUT2D eigenvalue weighted by atomic mass is 10.0. The van der Waals surface area contributed by atoms with E-state index in [1.54, 1.807) is 6.92 Å². The van der Waals surface area contributed by atoms with E-state index >= 15 is 0 Å². The summed E-state index contributed by atoms with van der Waals surface area (Å²) < 4.78 is 0. The van der Waals surface area contributed by atoms with E-state index in [1.807, 2.05) is 72.8 Å². The predicted octanol–water partition coefficient (Wildman–Crippen LogP) is 2.80. The van der Waals surface area contributed by atoms with E-state index in [0.717, 1.165) is 28.8 Å². The van der Waals surface area contributed by atoms with Crippen LogP contribution < -0.4 is 16.0 Å². The number of aliphatic carboxylic acids is 1. The summed E-state index contributed by atoms with van der Waals surface area (Å²) in [5, 5.41) is 17.7. The van der Waals surface area contributed by atoms with Gasteiger partial charge < -0.3 is 21.1 Å². The van der Waals surface area contributed by atoms with Crippen molar-refractivity contribution in [3.8, 4) is 0 Å². The Kier molecular flexibility index (Phi) is 10.9. The summed E-state index contributed by atoms with van der Waals surface area (Å²) in [6.07, 6.45) is 0.916. The molecule has 0 spiro atoms. The molecule has 3 aromatic carbocycles. The van der Waals surface area contributed by atoms with Gasteiger partial charge in [0.25, 0.3) is 5.97 Å². The largest absolute Gasteiger partial charge is 0.481 e. The molecule has 0 radical (unpaired) electrons. The average molecular weight is 478 g/mol. The predicted molar refractivity (Wildman–Crippen MR) is 134 cm³/mol. The zero-order valence-electron chi connectivity index (χ0n) is 19.9. The van der Waals surface area contributed by atoms with E-state index in [9.17, 15) is 14.4 Å². The van der Waals surface area contributed by atoms with Gasteiger partial charge in [0, 0.05) is 19.9 Å². The van der Waals surface area contributed by atoms with Crippen molar-refractivity contribution in [2.24, 2.45) is 0 Å². The van der Waals surface area contributed by atoms with Crippen molar-refractivity contribution in [2.75, 3.05) is 6.54 Å². The number of aryl methyl sites for hydroxylation is 1. The molecule has 3 rings (SSSR count). The third-order valence-corrected chi connectivity index (χ3v) is 5.03. The Morgan fingerprint density at radius 1 is 0.829 bits per heavy atom. The Labute approximate surface area is 204 Å². The molecule has 4 N–H and O–H groups in total. The van der Waals surface area contributed by atoms with Crippen molar-refractivity contribution in [2.45, 2.75) is 39.3 Å². The number of carboxylic acids is 1. The maximum atomic E-state index is 12.4. The number of carbonyl (C=O) groups is 4. The van der Waals surface area contributed by atoms with Crippen LogP contribution in [0, 0.1) is 0 Å². The second kappa shape index (κ2) is 14.1. The smallest absolute Gasteiger partial charge is 0.300 e. The van der Waals surface area contributed by atoms with E-state index in [2.05, 4.69) is 16.0 Å². The van der Waals surface area contributed by atoms with Crippen LogP contribution in [-0.2, 0) is 32.1 Å². The molecule has 3 aromatic rings. The fraction of sp³-hybridized carbons (Fsp3) is 0.259. The highest BCUT2D eigenvalue weighted by Crippen LogP contribution is 2.18. The van der Waals surface area contributed by atoms with Gasteiger partial charge in [0.05, 0.1) is 6.54 Å². The normalized spacial score (nSPS) is 10.9. The Hall–Kier alpha value is -4.20. The van der Waals surface area contributed by atoms with Crippen LogP contribution in [0.2, 0.25) is 0 Å². The first-order valence-corrected chi connectivity index (χ1v) is 11.3. The Morgan fingerprint density at radius 2 is 1.46 bits per heavy atom. The minimum Gasteiger partial charge on any atom is -0.481 e. The molecule has 1 atom stereocenters. The van der Waals surface area contributed by atoms with Gasteiger partial charge >= 0.3 is 0 Å². The van der Waals surface area contributed by atoms with Gasteiger partial charge in [-0.1, -0.05) is 72.8 Å². The molecular formula is C27H31N3O5. The number of carbonyl (C=O) groups excluding carboxylic acids is 3. The summed E-state index contributed by atoms with van der Waals surface area (Å²) in [5.74, 6) is -1.72. The van der Waals surface area contributed by atoms with Crippen LogP contribution >= 0.6 is 0 Å². The van der Waals surface area contributed by atoms with Crippen molar-refractivity contribution in [1.29, 1.82) is 0 Å². The van der Waals surface area contributed by atoms with Gasteiger partial charge in [-0.05, 0) is 35.2 Å². The summed E-state index contributed by atoms with van der Waals surface area (Å²) in [4.78, 5) is 45.4. The average Bonchev–Trinajstić information content (AvgIpc) is 2.85. The van der Waals surface area contributed by atoms with E-state index in [1.165, 1.54) is 0 Å². The van der Waals surface area contributed by atoms with Gasteiger partial charge in [-0.15, -0.1) is 0 Å². The molecular weight excluding hydrogens is 446 g/mol. The second-order valence-corrected chi connectivity index (χ2v) is 7.93. The summed E-state index contributed by atoms with van der Waals surface area (Å²) in [6, 6.07) is 22.9. The molecule has 0 saturated heterocycles. The Balaban J connectivity index is 0.00000100. The highest BCUT2D eigenvalue weighted by atomic mass is 16.4. The number of rotatable bonds is 9. The van der Waals surface area contributed by atoms with Crippen molar-refractivity contribution >= 4 is 34.5 Å². The van der Waals surface area contributed by atoms with Crippen molar-refractivity contribution in [3.05, 3.63) is 83.9 Å². The molecule has 35 heavy (non-hydrogen) atoms. The van der Waals surface area contributed by atoms with Gasteiger partial charge in [0.1, 0.15) is 6.04 Å². The monoisotopic (exact) mass is 477 g/mol. The van der Waals surface area contributed by atoms with Crippen LogP contribution in [0.25, 0.3) is 10.8 Å². The molecule has 8 heteroatoms. The summed E-state index contributed by atoms with van der Waals surface area (Å²) >= 11 is 0. The molecule has 0 saturated carbocycles. The number of fused-ring (bicyclic) bond motifs is 1. The Morgan fingerprint density at radius 3 is 2.17 bits per heavy atom. The van der Waals surface area contributed by atoms with E-state index in [0.29, 0.717) is 19.4 Å². The van der Waals surface area contributed by atoms with Gasteiger partial charge in [-0.25, -0.2) is 0 Å². The minimum absolute atomic E-state index is 0.158. The van der Waals surface area contributed by atoms with Crippen LogP contribution in [0.5, 0.6) is 0 Å². The lowest BCUT2D eigenvalue weighted by Gasteiger charge is -2.15. The lowest BCUT2D eigenvalue weighted by Crippen LogP contribution is -2.47. The standard InChI is InChI=1S/C25H27N3O3.C2H4O2/c1-18(25(31)27-16-21-12-7-11-20-10-5-6-13-22(20)21)28-24(30)17-26-23(29)15-14-19-8-3-2-4-9-19;1-2(3)4/h2-13,18H,14-17H2,1H3,(H,26,29)(H,27,31)(H,28,30);1H3,(H,3,4). The first-order valence-electron chi connectivity index (χ1n) is 11.3. The fourth-order valence-corrected chi connectivity index (χ4v) is 3.31. The summed E-state index contributed by atoms with van der Waals surface area (Å²) in [6.45, 7) is 2.92. The number of carboxylic acid groups (broad SMARTS) is 1. The topological polar surface area (TPSA) is 125 Å². The number of hydrogen-bond acceptors (Lipinski definition) is 4. The molecule has 0 aromatic heterocycles. The first-order chi connectivity index (χ1) is 16.8. The molecule has 0 fully saturated rings.